The molecule has 1 saturated heterocycles. The molecule has 2 saturated carbocycles. The number of fused-ring (bicyclic) bond motifs is 2. The Kier molecular flexibility index (Phi) is 5.70. The van der Waals surface area contributed by atoms with E-state index in [1.54, 1.807) is 0 Å². The Hall–Kier alpha value is -1.36. The van der Waals surface area contributed by atoms with Crippen molar-refractivity contribution in [2.45, 2.75) is 56.3 Å². The number of halogens is 8. The summed E-state index contributed by atoms with van der Waals surface area (Å²) in [6.07, 6.45) is 0.0773. The molecule has 29 heavy (non-hydrogen) atoms. The normalized spacial score (nSPS) is 30.4. The van der Waals surface area contributed by atoms with Crippen molar-refractivity contribution in [1.29, 1.82) is 0 Å². The number of nitrogens with zero attached hydrogens (tertiary/aromatic N) is 3. The topological polar surface area (TPSA) is 41.1 Å². The van der Waals surface area contributed by atoms with Gasteiger partial charge in [-0.2, -0.15) is 30.7 Å². The SMILES string of the molecule is Cl.FC(F)(F)c1nc(N[C@@H]2C[C@H]3CC[C@@H]2C3)ncc1CN1CC(F)(F)C(F)(F)C1. The van der Waals surface area contributed by atoms with Crippen molar-refractivity contribution in [2.24, 2.45) is 11.8 Å². The largest absolute Gasteiger partial charge is 0.433 e. The van der Waals surface area contributed by atoms with Crippen LogP contribution in [-0.2, 0) is 12.7 Å². The second kappa shape index (κ2) is 7.40. The molecule has 2 heterocycles. The fourth-order valence-electron chi connectivity index (χ4n) is 4.63. The molecular formula is C17H20ClF7N4. The van der Waals surface area contributed by atoms with Crippen molar-refractivity contribution in [3.8, 4) is 0 Å². The first-order valence-electron chi connectivity index (χ1n) is 9.12. The van der Waals surface area contributed by atoms with Gasteiger partial charge in [0.2, 0.25) is 5.95 Å². The average Bonchev–Trinajstić information content (AvgIpc) is 3.21. The smallest absolute Gasteiger partial charge is 0.351 e. The molecule has 1 N–H and O–H groups in total. The minimum Gasteiger partial charge on any atom is -0.351 e. The first-order valence-corrected chi connectivity index (χ1v) is 9.12. The van der Waals surface area contributed by atoms with Crippen LogP contribution in [0.5, 0.6) is 0 Å². The zero-order valence-electron chi connectivity index (χ0n) is 15.2. The van der Waals surface area contributed by atoms with Crippen LogP contribution in [0.1, 0.15) is 36.9 Å². The second-order valence-electron chi connectivity index (χ2n) is 8.04. The Balaban J connectivity index is 0.00000240. The van der Waals surface area contributed by atoms with Crippen LogP contribution in [0.4, 0.5) is 36.7 Å². The molecule has 4 nitrogen and oxygen atoms in total. The molecule has 0 amide bonds. The van der Waals surface area contributed by atoms with Gasteiger partial charge in [-0.1, -0.05) is 6.42 Å². The lowest BCUT2D eigenvalue weighted by Crippen LogP contribution is -2.38. The van der Waals surface area contributed by atoms with E-state index in [4.69, 9.17) is 0 Å². The van der Waals surface area contributed by atoms with Gasteiger partial charge in [-0.3, -0.25) is 4.90 Å². The lowest BCUT2D eigenvalue weighted by atomic mass is 9.95. The molecule has 0 spiro atoms. The summed E-state index contributed by atoms with van der Waals surface area (Å²) >= 11 is 0. The van der Waals surface area contributed by atoms with E-state index >= 15 is 0 Å². The first-order chi connectivity index (χ1) is 12.9. The van der Waals surface area contributed by atoms with Gasteiger partial charge in [-0.05, 0) is 31.1 Å². The van der Waals surface area contributed by atoms with E-state index in [9.17, 15) is 30.7 Å². The summed E-state index contributed by atoms with van der Waals surface area (Å²) < 4.78 is 93.6. The third-order valence-corrected chi connectivity index (χ3v) is 5.96. The molecule has 3 atom stereocenters. The molecule has 1 aromatic rings. The van der Waals surface area contributed by atoms with Gasteiger partial charge in [0.1, 0.15) is 0 Å². The Morgan fingerprint density at radius 1 is 1.07 bits per heavy atom. The van der Waals surface area contributed by atoms with Crippen LogP contribution in [0.25, 0.3) is 0 Å². The second-order valence-corrected chi connectivity index (χ2v) is 8.04. The van der Waals surface area contributed by atoms with Gasteiger partial charge in [0.25, 0.3) is 0 Å². The molecule has 0 aromatic carbocycles. The summed E-state index contributed by atoms with van der Waals surface area (Å²) in [6, 6.07) is 0.0154. The van der Waals surface area contributed by atoms with E-state index in [0.29, 0.717) is 16.7 Å². The molecule has 0 radical (unpaired) electrons. The van der Waals surface area contributed by atoms with E-state index in [1.165, 1.54) is 0 Å². The summed E-state index contributed by atoms with van der Waals surface area (Å²) in [6.45, 7) is -3.36. The van der Waals surface area contributed by atoms with E-state index in [1.807, 2.05) is 0 Å². The maximum atomic E-state index is 13.4. The first kappa shape index (κ1) is 22.3. The zero-order valence-corrected chi connectivity index (χ0v) is 16.0. The van der Waals surface area contributed by atoms with Crippen LogP contribution < -0.4 is 5.32 Å². The maximum absolute atomic E-state index is 13.4. The quantitative estimate of drug-likeness (QED) is 0.683. The van der Waals surface area contributed by atoms with E-state index in [0.717, 1.165) is 31.9 Å². The summed E-state index contributed by atoms with van der Waals surface area (Å²) in [5.41, 5.74) is -1.79. The highest BCUT2D eigenvalue weighted by molar-refractivity contribution is 5.85. The molecule has 0 unspecified atom stereocenters. The van der Waals surface area contributed by atoms with Crippen LogP contribution in [0, 0.1) is 11.8 Å². The standard InChI is InChI=1S/C17H19F7N4.ClH/c18-15(19)7-28(8-16(15,20)21)6-11-5-25-14(27-13(11)17(22,23)24)26-12-4-9-1-2-10(12)3-9;/h5,9-10,12H,1-4,6-8H2,(H,25,26,27);1H/t9-,10+,12+;/m0./s1. The van der Waals surface area contributed by atoms with Crippen molar-refractivity contribution in [1.82, 2.24) is 14.9 Å². The highest BCUT2D eigenvalue weighted by atomic mass is 35.5. The van der Waals surface area contributed by atoms with Crippen LogP contribution >= 0.6 is 12.4 Å². The number of rotatable bonds is 4. The lowest BCUT2D eigenvalue weighted by molar-refractivity contribution is -0.172. The Bertz CT molecular complexity index is 742. The lowest BCUT2D eigenvalue weighted by Gasteiger charge is -2.24. The number of hydrogen-bond donors (Lipinski definition) is 1. The fraction of sp³-hybridized carbons (Fsp3) is 0.765. The molecular weight excluding hydrogens is 429 g/mol. The van der Waals surface area contributed by atoms with Crippen LogP contribution in [0.2, 0.25) is 0 Å². The molecule has 1 aromatic heterocycles. The molecule has 164 valence electrons. The van der Waals surface area contributed by atoms with Crippen molar-refractivity contribution < 1.29 is 30.7 Å². The Morgan fingerprint density at radius 3 is 2.24 bits per heavy atom. The molecule has 2 bridgehead atoms. The van der Waals surface area contributed by atoms with Gasteiger partial charge in [0.05, 0.1) is 13.1 Å². The van der Waals surface area contributed by atoms with E-state index in [-0.39, 0.29) is 24.4 Å². The minimum atomic E-state index is -4.85. The predicted molar refractivity (Wildman–Crippen MR) is 92.3 cm³/mol. The molecule has 12 heteroatoms. The number of alkyl halides is 7. The van der Waals surface area contributed by atoms with Gasteiger partial charge < -0.3 is 5.32 Å². The number of likely N-dealkylation sites (tertiary alicyclic amines) is 1. The number of aromatic nitrogens is 2. The monoisotopic (exact) mass is 448 g/mol. The van der Waals surface area contributed by atoms with Crippen molar-refractivity contribution in [3.63, 3.8) is 0 Å². The van der Waals surface area contributed by atoms with Crippen molar-refractivity contribution in [2.75, 3.05) is 18.4 Å². The molecule has 3 aliphatic rings. The third kappa shape index (κ3) is 4.26. The highest BCUT2D eigenvalue weighted by Crippen LogP contribution is 2.45. The number of anilines is 1. The zero-order chi connectivity index (χ0) is 20.3. The molecule has 2 aliphatic carbocycles. The third-order valence-electron chi connectivity index (χ3n) is 5.96. The van der Waals surface area contributed by atoms with Crippen molar-refractivity contribution >= 4 is 18.4 Å². The van der Waals surface area contributed by atoms with Gasteiger partial charge in [0.15, 0.2) is 5.69 Å². The van der Waals surface area contributed by atoms with Gasteiger partial charge in [0, 0.05) is 24.3 Å². The van der Waals surface area contributed by atoms with E-state index in [2.05, 4.69) is 15.3 Å². The molecule has 3 fully saturated rings. The Morgan fingerprint density at radius 2 is 1.72 bits per heavy atom. The fourth-order valence-corrected chi connectivity index (χ4v) is 4.63. The van der Waals surface area contributed by atoms with Crippen LogP contribution in [-0.4, -0.2) is 45.8 Å². The van der Waals surface area contributed by atoms with Gasteiger partial charge >= 0.3 is 18.0 Å². The molecule has 1 aliphatic heterocycles. The Labute approximate surface area is 168 Å². The average molecular weight is 449 g/mol. The predicted octanol–water partition coefficient (Wildman–Crippen LogP) is 4.60. The number of nitrogens with one attached hydrogen (secondary N) is 1. The van der Waals surface area contributed by atoms with Crippen LogP contribution in [0.3, 0.4) is 0 Å². The highest BCUT2D eigenvalue weighted by Gasteiger charge is 2.62. The summed E-state index contributed by atoms with van der Waals surface area (Å²) in [7, 11) is 0. The van der Waals surface area contributed by atoms with Gasteiger partial charge in [-0.15, -0.1) is 12.4 Å². The van der Waals surface area contributed by atoms with Gasteiger partial charge in [-0.25, -0.2) is 9.97 Å². The maximum Gasteiger partial charge on any atom is 0.433 e. The van der Waals surface area contributed by atoms with E-state index < -0.39 is 48.9 Å². The summed E-state index contributed by atoms with van der Waals surface area (Å²) in [5, 5.41) is 2.96. The number of hydrogen-bond acceptors (Lipinski definition) is 4. The molecule has 4 rings (SSSR count). The summed E-state index contributed by atoms with van der Waals surface area (Å²) in [5.74, 6) is -7.78. The minimum absolute atomic E-state index is 0. The van der Waals surface area contributed by atoms with Crippen LogP contribution in [0.15, 0.2) is 6.20 Å². The van der Waals surface area contributed by atoms with Crippen molar-refractivity contribution in [3.05, 3.63) is 17.5 Å². The summed E-state index contributed by atoms with van der Waals surface area (Å²) in [4.78, 5) is 8.04.